The fourth-order valence-electron chi connectivity index (χ4n) is 4.24. The highest BCUT2D eigenvalue weighted by Crippen LogP contribution is 2.30. The summed E-state index contributed by atoms with van der Waals surface area (Å²) in [7, 11) is 0. The van der Waals surface area contributed by atoms with Crippen LogP contribution in [0.1, 0.15) is 24.5 Å². The molecule has 2 fully saturated rings. The highest BCUT2D eigenvalue weighted by molar-refractivity contribution is 5.76. The molecular formula is C22H28F3N3O3. The van der Waals surface area contributed by atoms with Gasteiger partial charge in [-0.15, -0.1) is 0 Å². The first-order valence-electron chi connectivity index (χ1n) is 10.7. The van der Waals surface area contributed by atoms with E-state index in [1.54, 1.807) is 4.90 Å². The predicted octanol–water partition coefficient (Wildman–Crippen LogP) is 3.03. The topological polar surface area (TPSA) is 54.0 Å². The number of nitrogens with zero attached hydrogens (tertiary/aromatic N) is 2. The first-order valence-corrected chi connectivity index (χ1v) is 10.7. The van der Waals surface area contributed by atoms with Gasteiger partial charge in [-0.2, -0.15) is 13.2 Å². The third kappa shape index (κ3) is 5.05. The maximum absolute atomic E-state index is 13.0. The molecule has 170 valence electrons. The van der Waals surface area contributed by atoms with Gasteiger partial charge in [-0.05, 0) is 31.0 Å². The van der Waals surface area contributed by atoms with E-state index in [0.29, 0.717) is 31.8 Å². The van der Waals surface area contributed by atoms with Crippen molar-refractivity contribution in [2.24, 2.45) is 0 Å². The van der Waals surface area contributed by atoms with Crippen molar-refractivity contribution in [1.29, 1.82) is 0 Å². The summed E-state index contributed by atoms with van der Waals surface area (Å²) < 4.78 is 49.7. The highest BCUT2D eigenvalue weighted by Gasteiger charge is 2.43. The zero-order chi connectivity index (χ0) is 22.0. The average Bonchev–Trinajstić information content (AvgIpc) is 2.72. The number of benzene rings is 1. The molecule has 3 aliphatic rings. The van der Waals surface area contributed by atoms with Crippen molar-refractivity contribution >= 4 is 6.03 Å². The SMILES string of the molecule is CC1C(OCc2ccc(C(F)(F)F)cc2)CN1C(=O)N1CC[C@@H]2OC/C=C/CN[C@@H]2C1. The number of nitrogens with one attached hydrogen (secondary N) is 1. The first-order chi connectivity index (χ1) is 14.8. The molecule has 0 aliphatic carbocycles. The maximum atomic E-state index is 13.0. The second-order valence-corrected chi connectivity index (χ2v) is 8.31. The van der Waals surface area contributed by atoms with Crippen molar-refractivity contribution in [1.82, 2.24) is 15.1 Å². The molecule has 6 nitrogen and oxygen atoms in total. The Morgan fingerprint density at radius 1 is 1.23 bits per heavy atom. The van der Waals surface area contributed by atoms with Crippen molar-refractivity contribution in [2.45, 2.75) is 50.4 Å². The van der Waals surface area contributed by atoms with Crippen molar-refractivity contribution in [2.75, 3.05) is 32.8 Å². The second-order valence-electron chi connectivity index (χ2n) is 8.31. The van der Waals surface area contributed by atoms with Crippen LogP contribution >= 0.6 is 0 Å². The van der Waals surface area contributed by atoms with E-state index in [2.05, 4.69) is 5.32 Å². The van der Waals surface area contributed by atoms with Crippen molar-refractivity contribution < 1.29 is 27.4 Å². The zero-order valence-corrected chi connectivity index (χ0v) is 17.5. The summed E-state index contributed by atoms with van der Waals surface area (Å²) >= 11 is 0. The van der Waals surface area contributed by atoms with E-state index in [9.17, 15) is 18.0 Å². The first kappa shape index (κ1) is 22.1. The summed E-state index contributed by atoms with van der Waals surface area (Å²) in [6, 6.07) is 5.02. The van der Waals surface area contributed by atoms with Crippen LogP contribution in [0, 0.1) is 0 Å². The number of rotatable bonds is 3. The van der Waals surface area contributed by atoms with Crippen LogP contribution in [0.15, 0.2) is 36.4 Å². The third-order valence-electron chi connectivity index (χ3n) is 6.29. The lowest BCUT2D eigenvalue weighted by molar-refractivity contribution is -0.137. The number of carbonyl (C=O) groups is 1. The number of hydrogen-bond donors (Lipinski definition) is 1. The fraction of sp³-hybridized carbons (Fsp3) is 0.591. The van der Waals surface area contributed by atoms with Gasteiger partial charge in [0, 0.05) is 19.6 Å². The van der Waals surface area contributed by atoms with Gasteiger partial charge in [0.2, 0.25) is 0 Å². The highest BCUT2D eigenvalue weighted by atomic mass is 19.4. The third-order valence-corrected chi connectivity index (χ3v) is 6.29. The van der Waals surface area contributed by atoms with Crippen molar-refractivity contribution in [3.63, 3.8) is 0 Å². The minimum absolute atomic E-state index is 0.000248. The van der Waals surface area contributed by atoms with E-state index in [1.807, 2.05) is 24.0 Å². The number of fused-ring (bicyclic) bond motifs is 1. The van der Waals surface area contributed by atoms with Crippen LogP contribution in [-0.4, -0.2) is 72.9 Å². The number of carbonyl (C=O) groups excluding carboxylic acids is 1. The predicted molar refractivity (Wildman–Crippen MR) is 108 cm³/mol. The standard InChI is InChI=1S/C22H28F3N3O3/c1-15-20(31-14-16-4-6-17(7-5-16)22(23,24)25)13-28(15)21(29)27-10-8-19-18(12-27)26-9-2-3-11-30-19/h2-7,15,18-20,26H,8-14H2,1H3/b3-2+/t15?,18-,19+,20?/m1/s1. The molecular weight excluding hydrogens is 411 g/mol. The zero-order valence-electron chi connectivity index (χ0n) is 17.5. The number of amides is 2. The molecule has 0 bridgehead atoms. The Kier molecular flexibility index (Phi) is 6.55. The quantitative estimate of drug-likeness (QED) is 0.736. The van der Waals surface area contributed by atoms with Crippen molar-refractivity contribution in [3.05, 3.63) is 47.5 Å². The molecule has 9 heteroatoms. The molecule has 3 aliphatic heterocycles. The monoisotopic (exact) mass is 439 g/mol. The van der Waals surface area contributed by atoms with E-state index in [1.165, 1.54) is 12.1 Å². The van der Waals surface area contributed by atoms with Gasteiger partial charge in [-0.25, -0.2) is 4.79 Å². The summed E-state index contributed by atoms with van der Waals surface area (Å²) in [6.07, 6.45) is 0.485. The molecule has 3 heterocycles. The molecule has 4 rings (SSSR count). The number of alkyl halides is 3. The fourth-order valence-corrected chi connectivity index (χ4v) is 4.24. The van der Waals surface area contributed by atoms with E-state index < -0.39 is 11.7 Å². The van der Waals surface area contributed by atoms with E-state index >= 15 is 0 Å². The molecule has 1 aromatic carbocycles. The van der Waals surface area contributed by atoms with Crippen LogP contribution in [0.4, 0.5) is 18.0 Å². The Morgan fingerprint density at radius 2 is 2.00 bits per heavy atom. The number of urea groups is 1. The molecule has 1 N–H and O–H groups in total. The van der Waals surface area contributed by atoms with Gasteiger partial charge in [-0.1, -0.05) is 24.3 Å². The molecule has 2 unspecified atom stereocenters. The van der Waals surface area contributed by atoms with Gasteiger partial charge in [0.25, 0.3) is 0 Å². The molecule has 2 amide bonds. The van der Waals surface area contributed by atoms with Crippen LogP contribution in [0.3, 0.4) is 0 Å². The Bertz CT molecular complexity index is 799. The number of ether oxygens (including phenoxy) is 2. The van der Waals surface area contributed by atoms with Gasteiger partial charge in [0.1, 0.15) is 0 Å². The van der Waals surface area contributed by atoms with Crippen LogP contribution < -0.4 is 5.32 Å². The number of piperidine rings is 1. The summed E-state index contributed by atoms with van der Waals surface area (Å²) in [5.41, 5.74) is 0.00506. The molecule has 0 radical (unpaired) electrons. The van der Waals surface area contributed by atoms with E-state index in [4.69, 9.17) is 9.47 Å². The van der Waals surface area contributed by atoms with Crippen LogP contribution in [-0.2, 0) is 22.3 Å². The number of hydrogen-bond acceptors (Lipinski definition) is 4. The average molecular weight is 439 g/mol. The lowest BCUT2D eigenvalue weighted by atomic mass is 9.99. The van der Waals surface area contributed by atoms with E-state index in [-0.39, 0.29) is 36.9 Å². The maximum Gasteiger partial charge on any atom is 0.416 e. The Hall–Kier alpha value is -2.10. The molecule has 31 heavy (non-hydrogen) atoms. The molecule has 4 atom stereocenters. The summed E-state index contributed by atoms with van der Waals surface area (Å²) in [6.45, 7) is 5.29. The molecule has 2 saturated heterocycles. The summed E-state index contributed by atoms with van der Waals surface area (Å²) in [5.74, 6) is 0. The largest absolute Gasteiger partial charge is 0.416 e. The Morgan fingerprint density at radius 3 is 2.71 bits per heavy atom. The Balaban J connectivity index is 1.25. The normalized spacial score (nSPS) is 30.1. The van der Waals surface area contributed by atoms with Gasteiger partial charge < -0.3 is 24.6 Å². The van der Waals surface area contributed by atoms with Crippen LogP contribution in [0.2, 0.25) is 0 Å². The summed E-state index contributed by atoms with van der Waals surface area (Å²) in [5, 5.41) is 3.44. The lowest BCUT2D eigenvalue weighted by Gasteiger charge is -2.49. The van der Waals surface area contributed by atoms with Gasteiger partial charge >= 0.3 is 12.2 Å². The van der Waals surface area contributed by atoms with Gasteiger partial charge in [0.15, 0.2) is 0 Å². The Labute approximate surface area is 180 Å². The number of halogens is 3. The number of likely N-dealkylation sites (tertiary alicyclic amines) is 2. The lowest BCUT2D eigenvalue weighted by Crippen LogP contribution is -2.66. The molecule has 0 aromatic heterocycles. The minimum atomic E-state index is -4.34. The molecule has 1 aromatic rings. The van der Waals surface area contributed by atoms with E-state index in [0.717, 1.165) is 25.1 Å². The summed E-state index contributed by atoms with van der Waals surface area (Å²) in [4.78, 5) is 16.6. The minimum Gasteiger partial charge on any atom is -0.372 e. The van der Waals surface area contributed by atoms with Crippen molar-refractivity contribution in [3.8, 4) is 0 Å². The molecule has 0 spiro atoms. The molecule has 0 saturated carbocycles. The van der Waals surface area contributed by atoms with Gasteiger partial charge in [-0.3, -0.25) is 0 Å². The van der Waals surface area contributed by atoms with Crippen LogP contribution in [0.25, 0.3) is 0 Å². The van der Waals surface area contributed by atoms with Crippen LogP contribution in [0.5, 0.6) is 0 Å². The smallest absolute Gasteiger partial charge is 0.372 e. The van der Waals surface area contributed by atoms with Gasteiger partial charge in [0.05, 0.1) is 49.6 Å². The second kappa shape index (κ2) is 9.18.